The average Bonchev–Trinajstić information content (AvgIpc) is 2.76. The molecule has 0 aromatic rings. The van der Waals surface area contributed by atoms with Gasteiger partial charge in [-0.25, -0.2) is 0 Å². The molecule has 0 atom stereocenters. The molecule has 0 radical (unpaired) electrons. The molecule has 0 heterocycles. The van der Waals surface area contributed by atoms with E-state index in [9.17, 15) is 0 Å². The number of rotatable bonds is 2. The Morgan fingerprint density at radius 2 is 1.58 bits per heavy atom. The van der Waals surface area contributed by atoms with Crippen LogP contribution in [-0.2, 0) is 0 Å². The predicted molar refractivity (Wildman–Crippen MR) is 56.7 cm³/mol. The summed E-state index contributed by atoms with van der Waals surface area (Å²) in [7, 11) is 0. The maximum Gasteiger partial charge on any atom is -0.00385 e. The van der Waals surface area contributed by atoms with Crippen molar-refractivity contribution in [1.29, 1.82) is 0 Å². The molecular weight excluding hydrogens is 164 g/mol. The van der Waals surface area contributed by atoms with Crippen LogP contribution in [-0.4, -0.2) is 5.75 Å². The van der Waals surface area contributed by atoms with E-state index in [-0.39, 0.29) is 0 Å². The van der Waals surface area contributed by atoms with E-state index >= 15 is 0 Å². The molecule has 70 valence electrons. The van der Waals surface area contributed by atoms with Gasteiger partial charge in [-0.15, -0.1) is 0 Å². The lowest BCUT2D eigenvalue weighted by Crippen LogP contribution is -2.27. The molecule has 2 aliphatic carbocycles. The van der Waals surface area contributed by atoms with Crippen LogP contribution in [0.2, 0.25) is 0 Å². The molecule has 0 bridgehead atoms. The minimum Gasteiger partial charge on any atom is -0.179 e. The van der Waals surface area contributed by atoms with Gasteiger partial charge >= 0.3 is 0 Å². The zero-order valence-corrected chi connectivity index (χ0v) is 8.78. The topological polar surface area (TPSA) is 0 Å². The number of hydrogen-bond donors (Lipinski definition) is 1. The maximum absolute atomic E-state index is 4.58. The van der Waals surface area contributed by atoms with Gasteiger partial charge < -0.3 is 0 Å². The minimum atomic E-state index is 0.680. The van der Waals surface area contributed by atoms with Crippen molar-refractivity contribution in [2.24, 2.45) is 11.3 Å². The molecule has 2 saturated carbocycles. The van der Waals surface area contributed by atoms with Crippen molar-refractivity contribution >= 4 is 12.6 Å². The third-order valence-electron chi connectivity index (χ3n) is 4.14. The summed E-state index contributed by atoms with van der Waals surface area (Å²) in [6.45, 7) is 0. The second kappa shape index (κ2) is 3.61. The summed E-state index contributed by atoms with van der Waals surface area (Å²) >= 11 is 4.58. The minimum absolute atomic E-state index is 0.680. The van der Waals surface area contributed by atoms with Gasteiger partial charge in [0.1, 0.15) is 0 Å². The predicted octanol–water partition coefficient (Wildman–Crippen LogP) is 3.67. The fourth-order valence-electron chi connectivity index (χ4n) is 3.31. The molecular formula is C11H20S. The highest BCUT2D eigenvalue weighted by atomic mass is 32.1. The Morgan fingerprint density at radius 1 is 1.00 bits per heavy atom. The summed E-state index contributed by atoms with van der Waals surface area (Å²) in [6.07, 6.45) is 11.9. The van der Waals surface area contributed by atoms with Gasteiger partial charge in [-0.2, -0.15) is 12.6 Å². The van der Waals surface area contributed by atoms with Crippen molar-refractivity contribution in [1.82, 2.24) is 0 Å². The van der Waals surface area contributed by atoms with E-state index < -0.39 is 0 Å². The number of thiol groups is 1. The second-order valence-electron chi connectivity index (χ2n) is 4.71. The molecule has 2 rings (SSSR count). The van der Waals surface area contributed by atoms with E-state index in [1.54, 1.807) is 0 Å². The van der Waals surface area contributed by atoms with E-state index in [1.165, 1.54) is 51.4 Å². The Labute approximate surface area is 81.5 Å². The highest BCUT2D eigenvalue weighted by Gasteiger charge is 2.40. The molecule has 12 heavy (non-hydrogen) atoms. The SMILES string of the molecule is SCC1(C2CCCC2)CCCC1. The highest BCUT2D eigenvalue weighted by Crippen LogP contribution is 2.50. The van der Waals surface area contributed by atoms with Crippen molar-refractivity contribution in [2.45, 2.75) is 51.4 Å². The standard InChI is InChI=1S/C11H20S/c12-9-11(7-3-4-8-11)10-5-1-2-6-10/h10,12H,1-9H2. The molecule has 0 N–H and O–H groups in total. The summed E-state index contributed by atoms with van der Waals surface area (Å²) in [5.74, 6) is 2.19. The Bertz CT molecular complexity index is 141. The molecule has 0 spiro atoms. The first-order valence-electron chi connectivity index (χ1n) is 5.48. The van der Waals surface area contributed by atoms with Crippen LogP contribution in [0.5, 0.6) is 0 Å². The third kappa shape index (κ3) is 1.41. The molecule has 0 aliphatic heterocycles. The van der Waals surface area contributed by atoms with Gasteiger partial charge in [-0.1, -0.05) is 25.7 Å². The summed E-state index contributed by atoms with van der Waals surface area (Å²) in [5.41, 5.74) is 0.680. The zero-order valence-electron chi connectivity index (χ0n) is 7.89. The lowest BCUT2D eigenvalue weighted by molar-refractivity contribution is 0.204. The average molecular weight is 184 g/mol. The second-order valence-corrected chi connectivity index (χ2v) is 5.03. The fraction of sp³-hybridized carbons (Fsp3) is 1.00. The first-order chi connectivity index (χ1) is 5.87. The third-order valence-corrected chi connectivity index (χ3v) is 4.77. The lowest BCUT2D eigenvalue weighted by atomic mass is 9.74. The van der Waals surface area contributed by atoms with Gasteiger partial charge in [0.25, 0.3) is 0 Å². The van der Waals surface area contributed by atoms with E-state index in [1.807, 2.05) is 0 Å². The van der Waals surface area contributed by atoms with Gasteiger partial charge in [0.15, 0.2) is 0 Å². The Morgan fingerprint density at radius 3 is 2.08 bits per heavy atom. The number of hydrogen-bond acceptors (Lipinski definition) is 1. The van der Waals surface area contributed by atoms with Crippen LogP contribution in [0.4, 0.5) is 0 Å². The van der Waals surface area contributed by atoms with Crippen LogP contribution >= 0.6 is 12.6 Å². The Kier molecular flexibility index (Phi) is 2.69. The van der Waals surface area contributed by atoms with Crippen molar-refractivity contribution in [3.63, 3.8) is 0 Å². The van der Waals surface area contributed by atoms with Crippen molar-refractivity contribution in [2.75, 3.05) is 5.75 Å². The van der Waals surface area contributed by atoms with E-state index in [0.29, 0.717) is 5.41 Å². The van der Waals surface area contributed by atoms with Gasteiger partial charge in [-0.3, -0.25) is 0 Å². The van der Waals surface area contributed by atoms with Crippen LogP contribution in [0.3, 0.4) is 0 Å². The maximum atomic E-state index is 4.58. The van der Waals surface area contributed by atoms with Crippen LogP contribution in [0.15, 0.2) is 0 Å². The van der Waals surface area contributed by atoms with Gasteiger partial charge in [0.05, 0.1) is 0 Å². The summed E-state index contributed by atoms with van der Waals surface area (Å²) in [4.78, 5) is 0. The van der Waals surface area contributed by atoms with Gasteiger partial charge in [0.2, 0.25) is 0 Å². The van der Waals surface area contributed by atoms with Crippen LogP contribution < -0.4 is 0 Å². The van der Waals surface area contributed by atoms with E-state index in [0.717, 1.165) is 11.7 Å². The molecule has 2 fully saturated rings. The van der Waals surface area contributed by atoms with E-state index in [2.05, 4.69) is 12.6 Å². The monoisotopic (exact) mass is 184 g/mol. The molecule has 0 amide bonds. The molecule has 2 aliphatic rings. The normalized spacial score (nSPS) is 29.8. The largest absolute Gasteiger partial charge is 0.179 e. The Balaban J connectivity index is 2.04. The van der Waals surface area contributed by atoms with Crippen molar-refractivity contribution in [3.05, 3.63) is 0 Å². The van der Waals surface area contributed by atoms with Crippen LogP contribution in [0.1, 0.15) is 51.4 Å². The first kappa shape index (κ1) is 8.93. The van der Waals surface area contributed by atoms with Crippen LogP contribution in [0, 0.1) is 11.3 Å². The summed E-state index contributed by atoms with van der Waals surface area (Å²) in [5, 5.41) is 0. The molecule has 0 aromatic carbocycles. The molecule has 0 aromatic heterocycles. The van der Waals surface area contributed by atoms with Gasteiger partial charge in [-0.05, 0) is 42.8 Å². The highest BCUT2D eigenvalue weighted by molar-refractivity contribution is 7.80. The molecule has 0 unspecified atom stereocenters. The van der Waals surface area contributed by atoms with Crippen molar-refractivity contribution < 1.29 is 0 Å². The van der Waals surface area contributed by atoms with Crippen LogP contribution in [0.25, 0.3) is 0 Å². The quantitative estimate of drug-likeness (QED) is 0.622. The van der Waals surface area contributed by atoms with Gasteiger partial charge in [0, 0.05) is 0 Å². The molecule has 0 saturated heterocycles. The van der Waals surface area contributed by atoms with E-state index in [4.69, 9.17) is 0 Å². The first-order valence-corrected chi connectivity index (χ1v) is 6.11. The lowest BCUT2D eigenvalue weighted by Gasteiger charge is -2.33. The summed E-state index contributed by atoms with van der Waals surface area (Å²) in [6, 6.07) is 0. The molecule has 0 nitrogen and oxygen atoms in total. The molecule has 1 heteroatoms. The smallest absolute Gasteiger partial charge is 0.00385 e. The zero-order chi connectivity index (χ0) is 8.44. The van der Waals surface area contributed by atoms with Crippen molar-refractivity contribution in [3.8, 4) is 0 Å². The Hall–Kier alpha value is 0.350. The fourth-order valence-corrected chi connectivity index (χ4v) is 3.89. The summed E-state index contributed by atoms with van der Waals surface area (Å²) < 4.78 is 0.